The van der Waals surface area contributed by atoms with Crippen LogP contribution in [0.2, 0.25) is 0 Å². The van der Waals surface area contributed by atoms with Crippen LogP contribution in [0.1, 0.15) is 0 Å². The quantitative estimate of drug-likeness (QED) is 0.475. The highest BCUT2D eigenvalue weighted by molar-refractivity contribution is 6.07. The Bertz CT molecular complexity index is 899. The van der Waals surface area contributed by atoms with Crippen LogP contribution in [0.25, 0.3) is 32.9 Å². The molecule has 0 N–H and O–H groups in total. The van der Waals surface area contributed by atoms with Gasteiger partial charge >= 0.3 is 0 Å². The third kappa shape index (κ3) is 1.74. The van der Waals surface area contributed by atoms with Crippen LogP contribution in [0, 0.1) is 6.07 Å². The number of hydrogen-bond acceptors (Lipinski definition) is 2. The molecule has 4 aromatic rings. The molecule has 20 heavy (non-hydrogen) atoms. The molecule has 93 valence electrons. The van der Waals surface area contributed by atoms with Crippen molar-refractivity contribution >= 4 is 21.5 Å². The van der Waals surface area contributed by atoms with Crippen molar-refractivity contribution in [3.63, 3.8) is 0 Å². The summed E-state index contributed by atoms with van der Waals surface area (Å²) in [7, 11) is 0. The van der Waals surface area contributed by atoms with E-state index in [1.54, 1.807) is 12.4 Å². The summed E-state index contributed by atoms with van der Waals surface area (Å²) < 4.78 is 0. The monoisotopic (exact) mass is 255 g/mol. The van der Waals surface area contributed by atoms with Gasteiger partial charge in [-0.15, -0.1) is 0 Å². The van der Waals surface area contributed by atoms with E-state index < -0.39 is 0 Å². The molecule has 0 aliphatic carbocycles. The average Bonchev–Trinajstić information content (AvgIpc) is 2.55. The van der Waals surface area contributed by atoms with E-state index in [0.717, 1.165) is 10.9 Å². The molecule has 0 unspecified atom stereocenters. The number of benzene rings is 3. The van der Waals surface area contributed by atoms with Gasteiger partial charge in [-0.3, -0.25) is 0 Å². The maximum atomic E-state index is 4.28. The number of fused-ring (bicyclic) bond motifs is 3. The Balaban J connectivity index is 1.99. The first-order valence-electron chi connectivity index (χ1n) is 6.53. The van der Waals surface area contributed by atoms with Gasteiger partial charge in [-0.2, -0.15) is 0 Å². The predicted molar refractivity (Wildman–Crippen MR) is 81.3 cm³/mol. The second-order valence-electron chi connectivity index (χ2n) is 4.69. The Hall–Kier alpha value is -2.74. The van der Waals surface area contributed by atoms with Crippen molar-refractivity contribution in [3.8, 4) is 11.4 Å². The fraction of sp³-hybridized carbons (Fsp3) is 0. The summed E-state index contributed by atoms with van der Waals surface area (Å²) >= 11 is 0. The van der Waals surface area contributed by atoms with E-state index in [1.165, 1.54) is 16.2 Å². The zero-order chi connectivity index (χ0) is 13.4. The van der Waals surface area contributed by atoms with Crippen molar-refractivity contribution in [2.75, 3.05) is 0 Å². The maximum absolute atomic E-state index is 4.28. The number of aromatic nitrogens is 2. The minimum atomic E-state index is 0.711. The van der Waals surface area contributed by atoms with Crippen LogP contribution in [0.4, 0.5) is 0 Å². The normalized spacial score (nSPS) is 11.0. The highest BCUT2D eigenvalue weighted by Gasteiger charge is 2.04. The molecule has 0 saturated heterocycles. The molecule has 0 saturated carbocycles. The smallest absolute Gasteiger partial charge is 0.159 e. The lowest BCUT2D eigenvalue weighted by Crippen LogP contribution is -1.87. The molecule has 0 aliphatic heterocycles. The number of rotatable bonds is 1. The molecule has 0 bridgehead atoms. The summed E-state index contributed by atoms with van der Waals surface area (Å²) in [6.07, 6.45) is 3.50. The summed E-state index contributed by atoms with van der Waals surface area (Å²) in [5.74, 6) is 0.711. The van der Waals surface area contributed by atoms with Crippen LogP contribution < -0.4 is 0 Å². The second kappa shape index (κ2) is 4.42. The lowest BCUT2D eigenvalue weighted by atomic mass is 10.00. The molecular weight excluding hydrogens is 244 g/mol. The van der Waals surface area contributed by atoms with Gasteiger partial charge in [0.2, 0.25) is 0 Å². The second-order valence-corrected chi connectivity index (χ2v) is 4.69. The van der Waals surface area contributed by atoms with E-state index in [0.29, 0.717) is 5.82 Å². The van der Waals surface area contributed by atoms with E-state index >= 15 is 0 Å². The standard InChI is InChI=1S/C18H11N2/c1-2-5-16-13(4-1)6-7-14-12-15(8-9-17(14)16)18-19-10-3-11-20-18/h1-11H. The molecule has 0 fully saturated rings. The first-order valence-corrected chi connectivity index (χ1v) is 6.53. The summed E-state index contributed by atoms with van der Waals surface area (Å²) in [5, 5.41) is 4.80. The third-order valence-corrected chi connectivity index (χ3v) is 3.46. The molecule has 0 amide bonds. The predicted octanol–water partition coefficient (Wildman–Crippen LogP) is 4.25. The highest BCUT2D eigenvalue weighted by atomic mass is 14.8. The zero-order valence-corrected chi connectivity index (χ0v) is 10.7. The lowest BCUT2D eigenvalue weighted by Gasteiger charge is -2.05. The van der Waals surface area contributed by atoms with Crippen LogP contribution in [0.15, 0.2) is 67.0 Å². The van der Waals surface area contributed by atoms with Crippen molar-refractivity contribution < 1.29 is 0 Å². The Morgan fingerprint density at radius 2 is 1.55 bits per heavy atom. The van der Waals surface area contributed by atoms with E-state index in [4.69, 9.17) is 0 Å². The van der Waals surface area contributed by atoms with E-state index in [1.807, 2.05) is 12.1 Å². The first kappa shape index (κ1) is 11.1. The van der Waals surface area contributed by atoms with Crippen molar-refractivity contribution in [2.45, 2.75) is 0 Å². The summed E-state index contributed by atoms with van der Waals surface area (Å²) in [4.78, 5) is 8.55. The summed E-state index contributed by atoms with van der Waals surface area (Å²) in [6, 6.07) is 22.0. The molecule has 1 aromatic heterocycles. The van der Waals surface area contributed by atoms with Gasteiger partial charge in [0.25, 0.3) is 0 Å². The summed E-state index contributed by atoms with van der Waals surface area (Å²) in [5.41, 5.74) is 0.924. The van der Waals surface area contributed by atoms with Crippen LogP contribution in [-0.4, -0.2) is 9.97 Å². The summed E-state index contributed by atoms with van der Waals surface area (Å²) in [6.45, 7) is 0. The molecule has 0 atom stereocenters. The minimum Gasteiger partial charge on any atom is -0.237 e. The molecule has 2 nitrogen and oxygen atoms in total. The van der Waals surface area contributed by atoms with Crippen LogP contribution in [0.5, 0.6) is 0 Å². The topological polar surface area (TPSA) is 25.8 Å². The Labute approximate surface area is 116 Å². The zero-order valence-electron chi connectivity index (χ0n) is 10.7. The molecule has 2 heteroatoms. The van der Waals surface area contributed by atoms with Crippen LogP contribution >= 0.6 is 0 Å². The van der Waals surface area contributed by atoms with Crippen molar-refractivity contribution in [3.05, 3.63) is 73.1 Å². The average molecular weight is 255 g/mol. The first-order chi connectivity index (χ1) is 9.92. The van der Waals surface area contributed by atoms with Gasteiger partial charge in [-0.25, -0.2) is 9.97 Å². The fourth-order valence-electron chi connectivity index (χ4n) is 2.51. The molecule has 4 rings (SSSR count). The van der Waals surface area contributed by atoms with Crippen molar-refractivity contribution in [1.82, 2.24) is 9.97 Å². The van der Waals surface area contributed by atoms with Gasteiger partial charge in [0.05, 0.1) is 0 Å². The Kier molecular flexibility index (Phi) is 2.46. The molecule has 0 aliphatic rings. The van der Waals surface area contributed by atoms with Gasteiger partial charge in [0.1, 0.15) is 0 Å². The fourth-order valence-corrected chi connectivity index (χ4v) is 2.51. The van der Waals surface area contributed by atoms with Gasteiger partial charge in [-0.1, -0.05) is 42.5 Å². The molecule has 0 spiro atoms. The molecular formula is C18H11N2. The van der Waals surface area contributed by atoms with Crippen molar-refractivity contribution in [2.24, 2.45) is 0 Å². The van der Waals surface area contributed by atoms with Gasteiger partial charge in [-0.05, 0) is 33.7 Å². The van der Waals surface area contributed by atoms with Crippen LogP contribution in [0.3, 0.4) is 0 Å². The molecule has 1 heterocycles. The van der Waals surface area contributed by atoms with E-state index in [-0.39, 0.29) is 0 Å². The number of nitrogens with zero attached hydrogens (tertiary/aromatic N) is 2. The Morgan fingerprint density at radius 1 is 0.700 bits per heavy atom. The highest BCUT2D eigenvalue weighted by Crippen LogP contribution is 2.27. The van der Waals surface area contributed by atoms with Gasteiger partial charge in [0, 0.05) is 24.0 Å². The third-order valence-electron chi connectivity index (χ3n) is 3.46. The van der Waals surface area contributed by atoms with Gasteiger partial charge < -0.3 is 0 Å². The minimum absolute atomic E-state index is 0.711. The lowest BCUT2D eigenvalue weighted by molar-refractivity contribution is 1.18. The SMILES string of the molecule is [c]1c(-c2ncccn2)ccc2c1ccc1ccccc12. The molecule has 3 aromatic carbocycles. The Morgan fingerprint density at radius 3 is 2.45 bits per heavy atom. The molecule has 1 radical (unpaired) electrons. The largest absolute Gasteiger partial charge is 0.237 e. The van der Waals surface area contributed by atoms with E-state index in [2.05, 4.69) is 58.5 Å². The van der Waals surface area contributed by atoms with Crippen LogP contribution in [-0.2, 0) is 0 Å². The van der Waals surface area contributed by atoms with Crippen molar-refractivity contribution in [1.29, 1.82) is 0 Å². The van der Waals surface area contributed by atoms with E-state index in [9.17, 15) is 0 Å². The number of hydrogen-bond donors (Lipinski definition) is 0. The van der Waals surface area contributed by atoms with Gasteiger partial charge in [0.15, 0.2) is 5.82 Å². The maximum Gasteiger partial charge on any atom is 0.159 e.